The zero-order valence-corrected chi connectivity index (χ0v) is 12.1. The number of rotatable bonds is 4. The fourth-order valence-electron chi connectivity index (χ4n) is 1.96. The van der Waals surface area contributed by atoms with E-state index in [4.69, 9.17) is 5.73 Å². The van der Waals surface area contributed by atoms with Crippen molar-refractivity contribution in [1.82, 2.24) is 30.2 Å². The van der Waals surface area contributed by atoms with Crippen LogP contribution >= 0.6 is 23.1 Å². The number of hydrogen-bond acceptors (Lipinski definition) is 8. The molecule has 0 radical (unpaired) electrons. The molecule has 3 heterocycles. The molecule has 0 spiro atoms. The van der Waals surface area contributed by atoms with Gasteiger partial charge >= 0.3 is 0 Å². The average molecular weight is 305 g/mol. The van der Waals surface area contributed by atoms with Crippen molar-refractivity contribution in [3.63, 3.8) is 0 Å². The van der Waals surface area contributed by atoms with Crippen LogP contribution in [0.4, 0.5) is 5.82 Å². The number of hydrogen-bond donors (Lipinski definition) is 1. The van der Waals surface area contributed by atoms with Crippen LogP contribution in [0.5, 0.6) is 0 Å². The summed E-state index contributed by atoms with van der Waals surface area (Å²) in [7, 11) is 0. The van der Waals surface area contributed by atoms with Crippen molar-refractivity contribution in [2.75, 3.05) is 5.73 Å². The van der Waals surface area contributed by atoms with E-state index in [0.29, 0.717) is 22.8 Å². The summed E-state index contributed by atoms with van der Waals surface area (Å²) in [6.45, 7) is 0. The van der Waals surface area contributed by atoms with Gasteiger partial charge in [0.25, 0.3) is 0 Å². The molecule has 1 saturated carbocycles. The van der Waals surface area contributed by atoms with Crippen LogP contribution in [0, 0.1) is 0 Å². The second-order valence-electron chi connectivity index (χ2n) is 4.59. The minimum atomic E-state index is 0.478. The quantitative estimate of drug-likeness (QED) is 0.581. The molecule has 20 heavy (non-hydrogen) atoms. The van der Waals surface area contributed by atoms with Gasteiger partial charge in [-0.05, 0) is 34.7 Å². The van der Waals surface area contributed by atoms with Crippen LogP contribution in [-0.4, -0.2) is 30.2 Å². The van der Waals surface area contributed by atoms with Crippen molar-refractivity contribution in [3.05, 3.63) is 17.3 Å². The van der Waals surface area contributed by atoms with Crippen LogP contribution in [0.1, 0.15) is 24.7 Å². The maximum atomic E-state index is 5.94. The zero-order valence-electron chi connectivity index (χ0n) is 10.4. The predicted octanol–water partition coefficient (Wildman–Crippen LogP) is 1.89. The van der Waals surface area contributed by atoms with Gasteiger partial charge in [-0.3, -0.25) is 0 Å². The lowest BCUT2D eigenvalue weighted by atomic mass is 10.4. The smallest absolute Gasteiger partial charge is 0.191 e. The molecule has 1 aliphatic rings. The molecule has 0 saturated heterocycles. The highest BCUT2D eigenvalue weighted by molar-refractivity contribution is 7.98. The van der Waals surface area contributed by atoms with E-state index in [2.05, 4.69) is 25.5 Å². The fourth-order valence-corrected chi connectivity index (χ4v) is 3.56. The molecular weight excluding hydrogens is 294 g/mol. The van der Waals surface area contributed by atoms with Gasteiger partial charge in [0.1, 0.15) is 10.6 Å². The number of fused-ring (bicyclic) bond motifs is 1. The van der Waals surface area contributed by atoms with Crippen molar-refractivity contribution in [2.45, 2.75) is 29.8 Å². The molecule has 4 rings (SSSR count). The molecular formula is C11H11N7S2. The van der Waals surface area contributed by atoms with E-state index in [0.717, 1.165) is 28.9 Å². The summed E-state index contributed by atoms with van der Waals surface area (Å²) in [5.41, 5.74) is 5.94. The minimum Gasteiger partial charge on any atom is -0.383 e. The lowest BCUT2D eigenvalue weighted by Gasteiger charge is -2.03. The van der Waals surface area contributed by atoms with Gasteiger partial charge in [-0.25, -0.2) is 14.6 Å². The second-order valence-corrected chi connectivity index (χ2v) is 6.43. The fraction of sp³-hybridized carbons (Fsp3) is 0.364. The first-order valence-electron chi connectivity index (χ1n) is 6.21. The maximum absolute atomic E-state index is 5.94. The van der Waals surface area contributed by atoms with Crippen molar-refractivity contribution < 1.29 is 0 Å². The Morgan fingerprint density at radius 2 is 2.30 bits per heavy atom. The largest absolute Gasteiger partial charge is 0.383 e. The first kappa shape index (κ1) is 12.0. The Labute approximate surface area is 122 Å². The van der Waals surface area contributed by atoms with Crippen molar-refractivity contribution in [3.8, 4) is 0 Å². The van der Waals surface area contributed by atoms with Crippen molar-refractivity contribution in [2.24, 2.45) is 0 Å². The van der Waals surface area contributed by atoms with E-state index in [9.17, 15) is 0 Å². The third-order valence-electron chi connectivity index (χ3n) is 3.12. The third kappa shape index (κ3) is 2.12. The number of thiophene rings is 1. The number of anilines is 1. The summed E-state index contributed by atoms with van der Waals surface area (Å²) < 4.78 is 1.90. The molecule has 7 nitrogen and oxygen atoms in total. The summed E-state index contributed by atoms with van der Waals surface area (Å²) in [5.74, 6) is 2.05. The summed E-state index contributed by atoms with van der Waals surface area (Å²) in [5, 5.41) is 15.4. The first-order valence-corrected chi connectivity index (χ1v) is 8.08. The highest BCUT2D eigenvalue weighted by Crippen LogP contribution is 2.35. The lowest BCUT2D eigenvalue weighted by Crippen LogP contribution is -2.03. The summed E-state index contributed by atoms with van der Waals surface area (Å²) in [4.78, 5) is 9.74. The molecule has 1 fully saturated rings. The highest BCUT2D eigenvalue weighted by atomic mass is 32.2. The summed E-state index contributed by atoms with van der Waals surface area (Å²) in [6, 6.07) is 2.42. The molecule has 0 aliphatic heterocycles. The molecule has 102 valence electrons. The molecule has 0 unspecified atom stereocenters. The number of aromatic nitrogens is 6. The number of nitrogens with zero attached hydrogens (tertiary/aromatic N) is 6. The van der Waals surface area contributed by atoms with Crippen LogP contribution in [0.3, 0.4) is 0 Å². The second kappa shape index (κ2) is 4.67. The van der Waals surface area contributed by atoms with Crippen LogP contribution < -0.4 is 5.73 Å². The first-order chi connectivity index (χ1) is 9.81. The minimum absolute atomic E-state index is 0.478. The summed E-state index contributed by atoms with van der Waals surface area (Å²) in [6.07, 6.45) is 2.32. The van der Waals surface area contributed by atoms with E-state index in [1.54, 1.807) is 11.3 Å². The Morgan fingerprint density at radius 1 is 1.40 bits per heavy atom. The van der Waals surface area contributed by atoms with Crippen LogP contribution in [0.25, 0.3) is 10.2 Å². The molecule has 0 bridgehead atoms. The Morgan fingerprint density at radius 3 is 3.15 bits per heavy atom. The molecule has 0 amide bonds. The van der Waals surface area contributed by atoms with Gasteiger partial charge in [0.05, 0.1) is 17.2 Å². The van der Waals surface area contributed by atoms with Gasteiger partial charge in [0, 0.05) is 0 Å². The van der Waals surface area contributed by atoms with Gasteiger partial charge in [-0.1, -0.05) is 11.8 Å². The number of nitrogens with two attached hydrogens (primary N) is 1. The van der Waals surface area contributed by atoms with Crippen LogP contribution in [0.15, 0.2) is 16.6 Å². The van der Waals surface area contributed by atoms with Crippen molar-refractivity contribution in [1.29, 1.82) is 0 Å². The molecule has 3 aromatic heterocycles. The van der Waals surface area contributed by atoms with Crippen LogP contribution in [-0.2, 0) is 5.75 Å². The molecule has 2 N–H and O–H groups in total. The Balaban J connectivity index is 1.56. The number of thioether (sulfide) groups is 1. The number of tetrazole rings is 1. The van der Waals surface area contributed by atoms with E-state index >= 15 is 0 Å². The SMILES string of the molecule is Nc1nc(SCc2nnnn2C2CC2)nc2sccc12. The van der Waals surface area contributed by atoms with Gasteiger partial charge in [-0.15, -0.1) is 16.4 Å². The van der Waals surface area contributed by atoms with Crippen LogP contribution in [0.2, 0.25) is 0 Å². The lowest BCUT2D eigenvalue weighted by molar-refractivity contribution is 0.593. The molecule has 9 heteroatoms. The van der Waals surface area contributed by atoms with Gasteiger partial charge in [-0.2, -0.15) is 0 Å². The standard InChI is InChI=1S/C11H11N7S2/c12-9-7-3-4-19-10(7)14-11(13-9)20-5-8-15-16-17-18(8)6-1-2-6/h3-4,6H,1-2,5H2,(H2,12,13,14). The third-order valence-corrected chi connectivity index (χ3v) is 4.77. The Bertz CT molecular complexity index is 761. The monoisotopic (exact) mass is 305 g/mol. The maximum Gasteiger partial charge on any atom is 0.191 e. The van der Waals surface area contributed by atoms with Gasteiger partial charge in [0.2, 0.25) is 0 Å². The topological polar surface area (TPSA) is 95.4 Å². The predicted molar refractivity (Wildman–Crippen MR) is 77.5 cm³/mol. The van der Waals surface area contributed by atoms with Gasteiger partial charge < -0.3 is 5.73 Å². The molecule has 0 aromatic carbocycles. The van der Waals surface area contributed by atoms with Gasteiger partial charge in [0.15, 0.2) is 11.0 Å². The average Bonchev–Trinajstić information content (AvgIpc) is 3.00. The summed E-state index contributed by atoms with van der Waals surface area (Å²) >= 11 is 3.08. The zero-order chi connectivity index (χ0) is 13.5. The number of nitrogen functional groups attached to an aromatic ring is 1. The Kier molecular flexibility index (Phi) is 2.81. The van der Waals surface area contributed by atoms with E-state index in [1.165, 1.54) is 11.8 Å². The van der Waals surface area contributed by atoms with E-state index in [1.807, 2.05) is 16.1 Å². The van der Waals surface area contributed by atoms with Crippen molar-refractivity contribution >= 4 is 39.1 Å². The molecule has 0 atom stereocenters. The normalized spacial score (nSPS) is 15.0. The van der Waals surface area contributed by atoms with E-state index < -0.39 is 0 Å². The van der Waals surface area contributed by atoms with E-state index in [-0.39, 0.29) is 0 Å². The molecule has 1 aliphatic carbocycles. The highest BCUT2D eigenvalue weighted by Gasteiger charge is 2.27. The molecule has 3 aromatic rings. The Hall–Kier alpha value is -1.74.